The predicted octanol–water partition coefficient (Wildman–Crippen LogP) is 5.96. The van der Waals surface area contributed by atoms with Crippen LogP contribution in [0.1, 0.15) is 73.2 Å². The summed E-state index contributed by atoms with van der Waals surface area (Å²) in [5.41, 5.74) is -0.995. The molecule has 6 nitrogen and oxygen atoms in total. The smallest absolute Gasteiger partial charge is 0.366 e. The Balaban J connectivity index is 1.56. The fraction of sp³-hybridized carbons (Fsp3) is 0.517. The summed E-state index contributed by atoms with van der Waals surface area (Å²) in [4.78, 5) is 28.5. The van der Waals surface area contributed by atoms with Crippen molar-refractivity contribution >= 4 is 11.9 Å². The Hall–Kier alpha value is -3.14. The number of carbonyl (C=O) groups excluding carboxylic acids is 2. The molecule has 0 saturated carbocycles. The van der Waals surface area contributed by atoms with Crippen LogP contribution in [-0.2, 0) is 17.3 Å². The van der Waals surface area contributed by atoms with Gasteiger partial charge in [0.05, 0.1) is 30.9 Å². The van der Waals surface area contributed by atoms with E-state index in [2.05, 4.69) is 5.32 Å². The summed E-state index contributed by atoms with van der Waals surface area (Å²) in [7, 11) is 0. The fourth-order valence-electron chi connectivity index (χ4n) is 4.93. The zero-order chi connectivity index (χ0) is 28.4. The van der Waals surface area contributed by atoms with E-state index in [9.17, 15) is 22.8 Å². The van der Waals surface area contributed by atoms with Gasteiger partial charge < -0.3 is 19.9 Å². The van der Waals surface area contributed by atoms with E-state index in [4.69, 9.17) is 4.74 Å². The van der Waals surface area contributed by atoms with Crippen LogP contribution >= 0.6 is 0 Å². The summed E-state index contributed by atoms with van der Waals surface area (Å²) in [5.74, 6) is -0.978. The van der Waals surface area contributed by atoms with E-state index in [0.29, 0.717) is 13.1 Å². The Labute approximate surface area is 226 Å². The molecule has 2 aromatic carbocycles. The molecule has 2 heterocycles. The third kappa shape index (κ3) is 7.29. The second-order valence-corrected chi connectivity index (χ2v) is 11.3. The van der Waals surface area contributed by atoms with Crippen molar-refractivity contribution in [2.75, 3.05) is 26.2 Å². The van der Waals surface area contributed by atoms with Gasteiger partial charge in [-0.05, 0) is 63.8 Å². The van der Waals surface area contributed by atoms with Crippen molar-refractivity contribution in [3.05, 3.63) is 70.5 Å². The molecule has 2 saturated heterocycles. The van der Waals surface area contributed by atoms with Gasteiger partial charge >= 0.3 is 12.2 Å². The molecule has 1 unspecified atom stereocenters. The molecule has 10 heteroatoms. The first-order valence-corrected chi connectivity index (χ1v) is 13.3. The average molecular weight is 550 g/mol. The summed E-state index contributed by atoms with van der Waals surface area (Å²) in [5, 5.41) is 2.85. The average Bonchev–Trinajstić information content (AvgIpc) is 2.84. The van der Waals surface area contributed by atoms with E-state index in [0.717, 1.165) is 31.4 Å². The number of nitrogens with one attached hydrogen (secondary N) is 1. The summed E-state index contributed by atoms with van der Waals surface area (Å²) < 4.78 is 62.7. The van der Waals surface area contributed by atoms with Gasteiger partial charge in [0.1, 0.15) is 5.82 Å². The Kier molecular flexibility index (Phi) is 8.54. The van der Waals surface area contributed by atoms with Crippen LogP contribution in [0.15, 0.2) is 42.5 Å². The van der Waals surface area contributed by atoms with Gasteiger partial charge in [0, 0.05) is 36.2 Å². The molecule has 39 heavy (non-hydrogen) atoms. The summed E-state index contributed by atoms with van der Waals surface area (Å²) >= 11 is 0. The molecular formula is C29H35F4N3O3. The van der Waals surface area contributed by atoms with Gasteiger partial charge in [-0.25, -0.2) is 9.18 Å². The highest BCUT2D eigenvalue weighted by Gasteiger charge is 2.37. The lowest BCUT2D eigenvalue weighted by Crippen LogP contribution is -2.60. The molecule has 1 atom stereocenters. The quantitative estimate of drug-likeness (QED) is 0.452. The highest BCUT2D eigenvalue weighted by molar-refractivity contribution is 5.94. The molecular weight excluding hydrogens is 514 g/mol. The van der Waals surface area contributed by atoms with Gasteiger partial charge in [-0.2, -0.15) is 13.2 Å². The number of alkyl halides is 3. The Bertz CT molecular complexity index is 1180. The molecule has 0 aliphatic carbocycles. The minimum Gasteiger partial charge on any atom is -0.366 e. The van der Waals surface area contributed by atoms with Crippen molar-refractivity contribution < 1.29 is 31.9 Å². The molecule has 1 N–H and O–H groups in total. The van der Waals surface area contributed by atoms with Crippen LogP contribution in [0, 0.1) is 5.82 Å². The zero-order valence-electron chi connectivity index (χ0n) is 22.5. The van der Waals surface area contributed by atoms with E-state index < -0.39 is 35.3 Å². The van der Waals surface area contributed by atoms with Gasteiger partial charge in [-0.1, -0.05) is 24.3 Å². The van der Waals surface area contributed by atoms with Crippen molar-refractivity contribution in [1.29, 1.82) is 0 Å². The molecule has 0 aromatic heterocycles. The first-order valence-electron chi connectivity index (χ1n) is 13.3. The molecule has 2 aliphatic heterocycles. The van der Waals surface area contributed by atoms with Crippen LogP contribution in [0.4, 0.5) is 22.4 Å². The molecule has 0 spiro atoms. The lowest BCUT2D eigenvalue weighted by atomic mass is 9.95. The number of carbonyl (C=O) groups is 2. The molecule has 2 aromatic rings. The third-order valence-electron chi connectivity index (χ3n) is 6.94. The van der Waals surface area contributed by atoms with E-state index in [1.54, 1.807) is 4.90 Å². The van der Waals surface area contributed by atoms with E-state index in [1.807, 2.05) is 20.8 Å². The lowest BCUT2D eigenvalue weighted by Gasteiger charge is -2.42. The highest BCUT2D eigenvalue weighted by Crippen LogP contribution is 2.36. The fourth-order valence-corrected chi connectivity index (χ4v) is 4.93. The number of nitrogens with zero attached hydrogens (tertiary/aromatic N) is 2. The molecule has 0 bridgehead atoms. The number of urea groups is 1. The number of rotatable bonds is 6. The number of amides is 3. The number of hydrogen-bond acceptors (Lipinski definition) is 3. The van der Waals surface area contributed by atoms with Crippen LogP contribution in [-0.4, -0.2) is 59.6 Å². The lowest BCUT2D eigenvalue weighted by molar-refractivity contribution is -0.138. The van der Waals surface area contributed by atoms with Gasteiger partial charge in [0.2, 0.25) is 0 Å². The number of ether oxygens (including phenoxy) is 1. The predicted molar refractivity (Wildman–Crippen MR) is 139 cm³/mol. The van der Waals surface area contributed by atoms with Crippen LogP contribution in [0.3, 0.4) is 0 Å². The standard InChI is InChI=1S/C29H35F4N3O3/c1-28(2,3)34-27(38)36-17-21(18-36)39-25(16-19-9-5-6-10-23(19)29(31,32)33)22-12-11-20(15-24(22)30)26(37)35-13-7-4-8-14-35/h5-6,9-12,15,21,25H,4,7-8,13-14,16-18H2,1-3H3,(H,34,38). The van der Waals surface area contributed by atoms with Crippen molar-refractivity contribution in [3.8, 4) is 0 Å². The number of piperidine rings is 1. The molecule has 0 radical (unpaired) electrons. The zero-order valence-corrected chi connectivity index (χ0v) is 22.5. The van der Waals surface area contributed by atoms with Crippen LogP contribution in [0.5, 0.6) is 0 Å². The molecule has 212 valence electrons. The second kappa shape index (κ2) is 11.5. The first-order chi connectivity index (χ1) is 18.3. The minimum atomic E-state index is -4.58. The van der Waals surface area contributed by atoms with Crippen molar-refractivity contribution in [2.24, 2.45) is 0 Å². The first kappa shape index (κ1) is 28.9. The summed E-state index contributed by atoms with van der Waals surface area (Å²) in [6.45, 7) is 7.25. The maximum Gasteiger partial charge on any atom is 0.416 e. The Morgan fingerprint density at radius 2 is 1.67 bits per heavy atom. The van der Waals surface area contributed by atoms with E-state index in [1.165, 1.54) is 35.2 Å². The topological polar surface area (TPSA) is 61.9 Å². The molecule has 3 amide bonds. The second-order valence-electron chi connectivity index (χ2n) is 11.3. The number of hydrogen-bond donors (Lipinski definition) is 1. The van der Waals surface area contributed by atoms with Crippen molar-refractivity contribution in [2.45, 2.75) is 70.4 Å². The maximum absolute atomic E-state index is 15.5. The molecule has 4 rings (SSSR count). The Morgan fingerprint density at radius 3 is 2.28 bits per heavy atom. The van der Waals surface area contributed by atoms with Crippen molar-refractivity contribution in [3.63, 3.8) is 0 Å². The normalized spacial score (nSPS) is 17.5. The minimum absolute atomic E-state index is 0.0236. The highest BCUT2D eigenvalue weighted by atomic mass is 19.4. The van der Waals surface area contributed by atoms with Crippen molar-refractivity contribution in [1.82, 2.24) is 15.1 Å². The third-order valence-corrected chi connectivity index (χ3v) is 6.94. The van der Waals surface area contributed by atoms with Gasteiger partial charge in [0.25, 0.3) is 5.91 Å². The molecule has 2 fully saturated rings. The van der Waals surface area contributed by atoms with E-state index >= 15 is 4.39 Å². The van der Waals surface area contributed by atoms with E-state index in [-0.39, 0.29) is 48.1 Å². The van der Waals surface area contributed by atoms with Crippen LogP contribution < -0.4 is 5.32 Å². The monoisotopic (exact) mass is 549 g/mol. The number of benzene rings is 2. The van der Waals surface area contributed by atoms with Gasteiger partial charge in [-0.15, -0.1) is 0 Å². The number of halogens is 4. The van der Waals surface area contributed by atoms with Gasteiger partial charge in [-0.3, -0.25) is 4.79 Å². The summed E-state index contributed by atoms with van der Waals surface area (Å²) in [6, 6.07) is 8.96. The van der Waals surface area contributed by atoms with Gasteiger partial charge in [0.15, 0.2) is 0 Å². The molecule has 2 aliphatic rings. The SMILES string of the molecule is CC(C)(C)NC(=O)N1CC(OC(Cc2ccccc2C(F)(F)F)c2ccc(C(=O)N3CCCCC3)cc2F)C1. The summed E-state index contributed by atoms with van der Waals surface area (Å²) in [6.07, 6.45) is -3.50. The van der Waals surface area contributed by atoms with Crippen LogP contribution in [0.2, 0.25) is 0 Å². The Morgan fingerprint density at radius 1 is 1.00 bits per heavy atom. The largest absolute Gasteiger partial charge is 0.416 e. The number of likely N-dealkylation sites (tertiary alicyclic amines) is 2. The van der Waals surface area contributed by atoms with Crippen LogP contribution in [0.25, 0.3) is 0 Å². The maximum atomic E-state index is 15.5.